The Balaban J connectivity index is 2.28. The monoisotopic (exact) mass is 342 g/mol. The number of hydrogen-bond donors (Lipinski definition) is 3. The number of allylic oxidation sites excluding steroid dienone is 1. The van der Waals surface area contributed by atoms with Crippen molar-refractivity contribution in [3.05, 3.63) is 40.4 Å². The molecular weight excluding hydrogens is 324 g/mol. The summed E-state index contributed by atoms with van der Waals surface area (Å²) in [6, 6.07) is 5.41. The molecule has 1 aromatic heterocycles. The van der Waals surface area contributed by atoms with Crippen molar-refractivity contribution in [2.75, 3.05) is 14.2 Å². The number of fused-ring (bicyclic) bond motifs is 1. The summed E-state index contributed by atoms with van der Waals surface area (Å²) in [6.07, 6.45) is 0.674. The third kappa shape index (κ3) is 2.50. The average Bonchev–Trinajstić information content (AvgIpc) is 3.03. The van der Waals surface area contributed by atoms with Crippen LogP contribution >= 0.6 is 0 Å². The van der Waals surface area contributed by atoms with Crippen molar-refractivity contribution >= 4 is 0 Å². The number of aromatic nitrogens is 2. The van der Waals surface area contributed by atoms with Gasteiger partial charge in [0.2, 0.25) is 17.5 Å². The highest BCUT2D eigenvalue weighted by Gasteiger charge is 2.35. The third-order valence-electron chi connectivity index (χ3n) is 4.21. The Labute approximate surface area is 144 Å². The van der Waals surface area contributed by atoms with Crippen LogP contribution in [0.25, 0.3) is 0 Å². The fraction of sp³-hybridized carbons (Fsp3) is 0.294. The number of aromatic hydroxyl groups is 1. The van der Waals surface area contributed by atoms with E-state index in [0.29, 0.717) is 17.9 Å². The molecular formula is C17H18N4O4. The van der Waals surface area contributed by atoms with Crippen molar-refractivity contribution < 1.29 is 19.3 Å². The van der Waals surface area contributed by atoms with Gasteiger partial charge in [-0.2, -0.15) is 5.26 Å². The van der Waals surface area contributed by atoms with E-state index >= 15 is 0 Å². The van der Waals surface area contributed by atoms with E-state index in [1.165, 1.54) is 14.2 Å². The third-order valence-corrected chi connectivity index (χ3v) is 4.21. The standard InChI is InChI=1S/C17H18N4O4/c1-4-10-14-13(9(7-18)16(19)25-17(14)21-20-10)8-5-11(23-2)15(22)12(6-8)24-3/h5-6,13,22H,4,19H2,1-3H3,(H,20,21)/t13-/m1/s1. The van der Waals surface area contributed by atoms with E-state index in [1.54, 1.807) is 12.1 Å². The van der Waals surface area contributed by atoms with Gasteiger partial charge in [-0.1, -0.05) is 6.92 Å². The molecule has 2 aromatic rings. The Bertz CT molecular complexity index is 870. The molecule has 0 bridgehead atoms. The number of phenolic OH excluding ortho intramolecular Hbond substituents is 1. The maximum absolute atomic E-state index is 10.1. The SMILES string of the molecule is CCc1[nH]nc2c1[C@H](c1cc(OC)c(O)c(OC)c1)C(C#N)=C(N)O2. The second-order valence-electron chi connectivity index (χ2n) is 5.47. The van der Waals surface area contributed by atoms with Gasteiger partial charge in [0.1, 0.15) is 11.6 Å². The van der Waals surface area contributed by atoms with Crippen molar-refractivity contribution in [3.8, 4) is 29.2 Å². The van der Waals surface area contributed by atoms with Gasteiger partial charge < -0.3 is 25.1 Å². The number of benzene rings is 1. The molecule has 3 rings (SSSR count). The van der Waals surface area contributed by atoms with Crippen LogP contribution in [0.1, 0.15) is 29.7 Å². The number of nitriles is 1. The van der Waals surface area contributed by atoms with Gasteiger partial charge in [0, 0.05) is 11.3 Å². The molecule has 0 saturated heterocycles. The zero-order valence-corrected chi connectivity index (χ0v) is 14.1. The van der Waals surface area contributed by atoms with Gasteiger partial charge >= 0.3 is 0 Å². The number of hydrogen-bond acceptors (Lipinski definition) is 7. The van der Waals surface area contributed by atoms with Crippen molar-refractivity contribution in [1.82, 2.24) is 10.2 Å². The smallest absolute Gasteiger partial charge is 0.244 e. The number of nitrogens with two attached hydrogens (primary N) is 1. The molecule has 2 heterocycles. The molecule has 0 aliphatic carbocycles. The Morgan fingerprint density at radius 1 is 1.36 bits per heavy atom. The summed E-state index contributed by atoms with van der Waals surface area (Å²) in [7, 11) is 2.89. The Hall–Kier alpha value is -3.34. The van der Waals surface area contributed by atoms with Crippen LogP contribution in [-0.4, -0.2) is 29.5 Å². The number of phenols is 1. The number of H-pyrrole nitrogens is 1. The van der Waals surface area contributed by atoms with E-state index in [2.05, 4.69) is 16.3 Å². The van der Waals surface area contributed by atoms with E-state index < -0.39 is 5.92 Å². The lowest BCUT2D eigenvalue weighted by Crippen LogP contribution is -2.21. The molecule has 130 valence electrons. The molecule has 0 spiro atoms. The van der Waals surface area contributed by atoms with E-state index in [-0.39, 0.29) is 28.7 Å². The highest BCUT2D eigenvalue weighted by molar-refractivity contribution is 5.60. The molecule has 0 saturated carbocycles. The number of nitrogens with one attached hydrogen (secondary N) is 1. The minimum atomic E-state index is -0.508. The number of aromatic amines is 1. The molecule has 1 aromatic carbocycles. The molecule has 8 heteroatoms. The van der Waals surface area contributed by atoms with Crippen molar-refractivity contribution in [1.29, 1.82) is 5.26 Å². The summed E-state index contributed by atoms with van der Waals surface area (Å²) in [4.78, 5) is 0. The predicted molar refractivity (Wildman–Crippen MR) is 88.5 cm³/mol. The summed E-state index contributed by atoms with van der Waals surface area (Å²) in [5, 5.41) is 26.8. The molecule has 0 fully saturated rings. The van der Waals surface area contributed by atoms with Crippen LogP contribution in [-0.2, 0) is 6.42 Å². The second-order valence-corrected chi connectivity index (χ2v) is 5.47. The van der Waals surface area contributed by atoms with Gasteiger partial charge in [0.05, 0.1) is 20.1 Å². The van der Waals surface area contributed by atoms with Gasteiger partial charge in [0.25, 0.3) is 0 Å². The summed E-state index contributed by atoms with van der Waals surface area (Å²) in [5.41, 5.74) is 8.44. The van der Waals surface area contributed by atoms with Crippen LogP contribution in [0.2, 0.25) is 0 Å². The zero-order chi connectivity index (χ0) is 18.1. The molecule has 25 heavy (non-hydrogen) atoms. The topological polar surface area (TPSA) is 126 Å². The van der Waals surface area contributed by atoms with E-state index in [0.717, 1.165) is 11.3 Å². The molecule has 0 unspecified atom stereocenters. The Kier molecular flexibility index (Phi) is 4.15. The van der Waals surface area contributed by atoms with Gasteiger partial charge in [-0.05, 0) is 24.1 Å². The first-order valence-corrected chi connectivity index (χ1v) is 7.65. The van der Waals surface area contributed by atoms with Crippen molar-refractivity contribution in [3.63, 3.8) is 0 Å². The number of methoxy groups -OCH3 is 2. The van der Waals surface area contributed by atoms with E-state index in [1.807, 2.05) is 6.92 Å². The van der Waals surface area contributed by atoms with Crippen LogP contribution in [0.4, 0.5) is 0 Å². The Morgan fingerprint density at radius 3 is 2.52 bits per heavy atom. The van der Waals surface area contributed by atoms with Gasteiger partial charge in [0.15, 0.2) is 11.5 Å². The van der Waals surface area contributed by atoms with Crippen LogP contribution in [0.5, 0.6) is 23.1 Å². The van der Waals surface area contributed by atoms with Gasteiger partial charge in [-0.25, -0.2) is 0 Å². The lowest BCUT2D eigenvalue weighted by molar-refractivity contribution is 0.338. The molecule has 8 nitrogen and oxygen atoms in total. The summed E-state index contributed by atoms with van der Waals surface area (Å²) in [6.45, 7) is 1.97. The molecule has 0 amide bonds. The minimum Gasteiger partial charge on any atom is -0.502 e. The van der Waals surface area contributed by atoms with Crippen molar-refractivity contribution in [2.24, 2.45) is 5.73 Å². The maximum atomic E-state index is 10.1. The maximum Gasteiger partial charge on any atom is 0.244 e. The molecule has 1 aliphatic heterocycles. The van der Waals surface area contributed by atoms with Crippen molar-refractivity contribution in [2.45, 2.75) is 19.3 Å². The molecule has 1 atom stereocenters. The first kappa shape index (κ1) is 16.5. The lowest BCUT2D eigenvalue weighted by atomic mass is 9.83. The molecule has 0 radical (unpaired) electrons. The highest BCUT2D eigenvalue weighted by atomic mass is 16.5. The number of rotatable bonds is 4. The first-order chi connectivity index (χ1) is 12.0. The average molecular weight is 342 g/mol. The quantitative estimate of drug-likeness (QED) is 0.774. The van der Waals surface area contributed by atoms with Crippen LogP contribution in [0.15, 0.2) is 23.6 Å². The van der Waals surface area contributed by atoms with E-state index in [4.69, 9.17) is 19.9 Å². The van der Waals surface area contributed by atoms with E-state index in [9.17, 15) is 10.4 Å². The number of aryl methyl sites for hydroxylation is 1. The van der Waals surface area contributed by atoms with Crippen LogP contribution in [0, 0.1) is 11.3 Å². The summed E-state index contributed by atoms with van der Waals surface area (Å²) in [5.74, 6) is 0.189. The normalized spacial score (nSPS) is 16.0. The summed E-state index contributed by atoms with van der Waals surface area (Å²) < 4.78 is 15.9. The lowest BCUT2D eigenvalue weighted by Gasteiger charge is -2.25. The van der Waals surface area contributed by atoms with Crippen LogP contribution in [0.3, 0.4) is 0 Å². The molecule has 1 aliphatic rings. The minimum absolute atomic E-state index is 0.000150. The zero-order valence-electron chi connectivity index (χ0n) is 14.1. The van der Waals surface area contributed by atoms with Gasteiger partial charge in [-0.15, -0.1) is 5.10 Å². The number of nitrogens with zero attached hydrogens (tertiary/aromatic N) is 2. The highest BCUT2D eigenvalue weighted by Crippen LogP contribution is 2.47. The van der Waals surface area contributed by atoms with Crippen LogP contribution < -0.4 is 19.9 Å². The fourth-order valence-electron chi connectivity index (χ4n) is 2.99. The summed E-state index contributed by atoms with van der Waals surface area (Å²) >= 11 is 0. The fourth-order valence-corrected chi connectivity index (χ4v) is 2.99. The largest absolute Gasteiger partial charge is 0.502 e. The number of ether oxygens (including phenoxy) is 3. The van der Waals surface area contributed by atoms with Gasteiger partial charge in [-0.3, -0.25) is 5.10 Å². The predicted octanol–water partition coefficient (Wildman–Crippen LogP) is 1.91. The Morgan fingerprint density at radius 2 is 2.00 bits per heavy atom. The first-order valence-electron chi connectivity index (χ1n) is 7.65. The second kappa shape index (κ2) is 6.28. The molecule has 4 N–H and O–H groups in total.